The van der Waals surface area contributed by atoms with Crippen LogP contribution >= 0.6 is 0 Å². The van der Waals surface area contributed by atoms with E-state index in [2.05, 4.69) is 156 Å². The van der Waals surface area contributed by atoms with Crippen LogP contribution in [-0.4, -0.2) is 12.3 Å². The van der Waals surface area contributed by atoms with Crippen molar-refractivity contribution >= 4 is 23.4 Å². The minimum absolute atomic E-state index is 0.0382. The molecule has 0 amide bonds. The first-order valence-corrected chi connectivity index (χ1v) is 15.4. The summed E-state index contributed by atoms with van der Waals surface area (Å²) in [6.45, 7) is 18.3. The van der Waals surface area contributed by atoms with Crippen LogP contribution in [-0.2, 0) is 5.41 Å². The smallest absolute Gasteiger partial charge is 0.0395 e. The quantitative estimate of drug-likeness (QED) is 0.224. The molecule has 1 nitrogen and oxygen atoms in total. The highest BCUT2D eigenvalue weighted by Crippen LogP contribution is 2.56. The molecule has 43 heavy (non-hydrogen) atoms. The van der Waals surface area contributed by atoms with Crippen LogP contribution in [0.1, 0.15) is 80.8 Å². The van der Waals surface area contributed by atoms with Gasteiger partial charge in [-0.1, -0.05) is 130 Å². The molecule has 0 heterocycles. The largest absolute Gasteiger partial charge is 0.290 e. The lowest BCUT2D eigenvalue weighted by Gasteiger charge is -2.24. The molecule has 2 aromatic carbocycles. The Kier molecular flexibility index (Phi) is 8.92. The van der Waals surface area contributed by atoms with Crippen molar-refractivity contribution in [1.82, 2.24) is 0 Å². The summed E-state index contributed by atoms with van der Waals surface area (Å²) in [7, 11) is 0. The fourth-order valence-corrected chi connectivity index (χ4v) is 6.55. The minimum Gasteiger partial charge on any atom is -0.290 e. The zero-order chi connectivity index (χ0) is 30.6. The molecule has 0 radical (unpaired) electrons. The number of hydrogen-bond acceptors (Lipinski definition) is 1. The van der Waals surface area contributed by atoms with E-state index in [1.807, 2.05) is 13.8 Å². The molecule has 3 aliphatic rings. The van der Waals surface area contributed by atoms with Crippen LogP contribution in [0.15, 0.2) is 143 Å². The van der Waals surface area contributed by atoms with Crippen molar-refractivity contribution in [3.63, 3.8) is 0 Å². The van der Waals surface area contributed by atoms with E-state index in [1.165, 1.54) is 33.4 Å². The molecular formula is C42H43N. The van der Waals surface area contributed by atoms with Crippen LogP contribution in [0, 0.1) is 0 Å². The van der Waals surface area contributed by atoms with E-state index in [9.17, 15) is 0 Å². The molecule has 216 valence electrons. The molecule has 0 aromatic heterocycles. The highest BCUT2D eigenvalue weighted by Gasteiger charge is 2.44. The summed E-state index contributed by atoms with van der Waals surface area (Å²) in [6, 6.07) is 13.5. The highest BCUT2D eigenvalue weighted by molar-refractivity contribution is 6.04. The molecule has 3 bridgehead atoms. The monoisotopic (exact) mass is 561 g/mol. The summed E-state index contributed by atoms with van der Waals surface area (Å²) in [5, 5.41) is 0. The summed E-state index contributed by atoms with van der Waals surface area (Å²) in [4.78, 5) is 4.70. The van der Waals surface area contributed by atoms with E-state index >= 15 is 0 Å². The molecule has 1 atom stereocenters. The maximum absolute atomic E-state index is 4.70. The average molecular weight is 562 g/mol. The minimum atomic E-state index is -0.0382. The van der Waals surface area contributed by atoms with E-state index in [0.29, 0.717) is 5.92 Å². The molecule has 0 saturated carbocycles. The maximum atomic E-state index is 4.70. The third kappa shape index (κ3) is 6.04. The van der Waals surface area contributed by atoms with Crippen molar-refractivity contribution in [3.05, 3.63) is 172 Å². The Labute approximate surface area is 258 Å². The van der Waals surface area contributed by atoms with Crippen LogP contribution in [0.3, 0.4) is 0 Å². The van der Waals surface area contributed by atoms with Crippen molar-refractivity contribution in [1.29, 1.82) is 0 Å². The lowest BCUT2D eigenvalue weighted by atomic mass is 9.79. The number of allylic oxidation sites excluding steroid dienone is 17. The second kappa shape index (κ2) is 12.8. The molecule has 1 unspecified atom stereocenters. The Morgan fingerprint density at radius 3 is 2.53 bits per heavy atom. The van der Waals surface area contributed by atoms with Crippen molar-refractivity contribution < 1.29 is 0 Å². The van der Waals surface area contributed by atoms with E-state index in [0.717, 1.165) is 40.1 Å². The van der Waals surface area contributed by atoms with Gasteiger partial charge in [-0.05, 0) is 95.5 Å². The van der Waals surface area contributed by atoms with Gasteiger partial charge in [-0.15, -0.1) is 0 Å². The van der Waals surface area contributed by atoms with Crippen LogP contribution in [0.25, 0.3) is 17.7 Å². The Morgan fingerprint density at radius 2 is 1.77 bits per heavy atom. The van der Waals surface area contributed by atoms with Crippen molar-refractivity contribution in [2.24, 2.45) is 4.99 Å². The number of rotatable bonds is 8. The molecule has 0 N–H and O–H groups in total. The number of fused-ring (bicyclic) bond motifs is 2. The standard InChI is InChI=1S/C42H43N/c1-8-11-12-13-15-34-21-18-32(17-16-29(4)39-27-31(14-9-2)19-22-35(39)30(5)43-10-3)26-33-20-23-37-38-25-24-36(34)41(38)42(6,7)40(37)28-33/h8-9,11-28,38H,4,10H2,1-3,5-7H3/b11-8-,13-12-,14-9-,17-16-,21-18+,32-26?,34-15+,43-30+. The Morgan fingerprint density at radius 1 is 0.930 bits per heavy atom. The van der Waals surface area contributed by atoms with Gasteiger partial charge in [-0.3, -0.25) is 4.99 Å². The Hall–Kier alpha value is -4.49. The molecular weight excluding hydrogens is 518 g/mol. The van der Waals surface area contributed by atoms with Gasteiger partial charge in [0.1, 0.15) is 0 Å². The second-order valence-corrected chi connectivity index (χ2v) is 11.9. The third-order valence-corrected chi connectivity index (χ3v) is 8.62. The summed E-state index contributed by atoms with van der Waals surface area (Å²) >= 11 is 0. The Balaban J connectivity index is 1.61. The van der Waals surface area contributed by atoms with E-state index < -0.39 is 0 Å². The fraction of sp³-hybridized carbons (Fsp3) is 0.214. The van der Waals surface area contributed by atoms with Gasteiger partial charge in [0.15, 0.2) is 0 Å². The van der Waals surface area contributed by atoms with Gasteiger partial charge < -0.3 is 0 Å². The van der Waals surface area contributed by atoms with Crippen molar-refractivity contribution in [2.75, 3.05) is 6.54 Å². The van der Waals surface area contributed by atoms with Gasteiger partial charge >= 0.3 is 0 Å². The molecule has 0 aliphatic heterocycles. The summed E-state index contributed by atoms with van der Waals surface area (Å²) < 4.78 is 0. The van der Waals surface area contributed by atoms with Crippen LogP contribution in [0.4, 0.5) is 0 Å². The molecule has 2 aromatic rings. The lowest BCUT2D eigenvalue weighted by molar-refractivity contribution is 0.634. The van der Waals surface area contributed by atoms with Gasteiger partial charge in [0.2, 0.25) is 0 Å². The van der Waals surface area contributed by atoms with Crippen LogP contribution in [0.2, 0.25) is 0 Å². The summed E-state index contributed by atoms with van der Waals surface area (Å²) in [5.74, 6) is 0.351. The van der Waals surface area contributed by atoms with E-state index in [1.54, 1.807) is 0 Å². The average Bonchev–Trinajstić information content (AvgIpc) is 3.53. The summed E-state index contributed by atoms with van der Waals surface area (Å²) in [6.07, 6.45) is 30.6. The normalized spacial score (nSPS) is 20.9. The molecule has 3 aliphatic carbocycles. The third-order valence-electron chi connectivity index (χ3n) is 8.62. The fourth-order valence-electron chi connectivity index (χ4n) is 6.55. The highest BCUT2D eigenvalue weighted by atomic mass is 14.7. The van der Waals surface area contributed by atoms with Crippen molar-refractivity contribution in [2.45, 2.75) is 52.9 Å². The molecule has 0 fully saturated rings. The first-order chi connectivity index (χ1) is 20.8. The summed E-state index contributed by atoms with van der Waals surface area (Å²) in [5.41, 5.74) is 14.6. The number of benzene rings is 2. The SMILES string of the molecule is C=C(/C=C\C1=Cc2ccc3c(c2)C(C)(C)C2=C(C=CC23)C(=C/C=C\C=C/C)/C=C/1)c1cc(/C=C\C)ccc1/C(C)=N/CC. The van der Waals surface area contributed by atoms with Crippen LogP contribution < -0.4 is 0 Å². The first-order valence-electron chi connectivity index (χ1n) is 15.4. The lowest BCUT2D eigenvalue weighted by Crippen LogP contribution is -2.17. The predicted octanol–water partition coefficient (Wildman–Crippen LogP) is 11.1. The molecule has 0 saturated heterocycles. The van der Waals surface area contributed by atoms with Crippen molar-refractivity contribution in [3.8, 4) is 0 Å². The molecule has 5 rings (SSSR count). The molecule has 1 heteroatoms. The number of hydrogen-bond donors (Lipinski definition) is 0. The maximum Gasteiger partial charge on any atom is 0.0395 e. The van der Waals surface area contributed by atoms with Gasteiger partial charge in [-0.2, -0.15) is 0 Å². The second-order valence-electron chi connectivity index (χ2n) is 11.9. The Bertz CT molecular complexity index is 1750. The van der Waals surface area contributed by atoms with Crippen LogP contribution in [0.5, 0.6) is 0 Å². The molecule has 0 spiro atoms. The predicted molar refractivity (Wildman–Crippen MR) is 190 cm³/mol. The van der Waals surface area contributed by atoms with E-state index in [-0.39, 0.29) is 5.41 Å². The zero-order valence-electron chi connectivity index (χ0n) is 26.5. The zero-order valence-corrected chi connectivity index (χ0v) is 26.5. The van der Waals surface area contributed by atoms with Gasteiger partial charge in [0, 0.05) is 29.2 Å². The number of aliphatic imine (C=N–C) groups is 1. The van der Waals surface area contributed by atoms with Gasteiger partial charge in [-0.25, -0.2) is 0 Å². The number of nitrogens with zero attached hydrogens (tertiary/aromatic N) is 1. The first kappa shape index (κ1) is 30.0. The topological polar surface area (TPSA) is 12.4 Å². The van der Waals surface area contributed by atoms with Gasteiger partial charge in [0.25, 0.3) is 0 Å². The van der Waals surface area contributed by atoms with Gasteiger partial charge in [0.05, 0.1) is 0 Å². The van der Waals surface area contributed by atoms with E-state index in [4.69, 9.17) is 4.99 Å².